The van der Waals surface area contributed by atoms with Gasteiger partial charge in [0.2, 0.25) is 0 Å². The van der Waals surface area contributed by atoms with E-state index in [4.69, 9.17) is 10.5 Å². The predicted molar refractivity (Wildman–Crippen MR) is 75.4 cm³/mol. The molecule has 7 heteroatoms. The van der Waals surface area contributed by atoms with Crippen LogP contribution in [0.15, 0.2) is 48.7 Å². The largest absolute Gasteiger partial charge is 0.487 e. The quantitative estimate of drug-likeness (QED) is 0.805. The van der Waals surface area contributed by atoms with Crippen molar-refractivity contribution in [3.05, 3.63) is 59.9 Å². The van der Waals surface area contributed by atoms with Gasteiger partial charge in [0.25, 0.3) is 0 Å². The van der Waals surface area contributed by atoms with E-state index in [1.165, 1.54) is 12.1 Å². The summed E-state index contributed by atoms with van der Waals surface area (Å²) in [4.78, 5) is 4.17. The molecule has 3 rings (SSSR count). The molecule has 0 spiro atoms. The number of rotatable bonds is 3. The highest BCUT2D eigenvalue weighted by atomic mass is 19.4. The van der Waals surface area contributed by atoms with E-state index in [0.29, 0.717) is 17.2 Å². The van der Waals surface area contributed by atoms with E-state index in [1.54, 1.807) is 28.8 Å². The van der Waals surface area contributed by atoms with Crippen LogP contribution in [0.2, 0.25) is 0 Å². The zero-order valence-electron chi connectivity index (χ0n) is 11.3. The van der Waals surface area contributed by atoms with Crippen LogP contribution in [0.4, 0.5) is 19.0 Å². The number of imidazole rings is 1. The Morgan fingerprint density at radius 3 is 2.68 bits per heavy atom. The van der Waals surface area contributed by atoms with Crippen LogP contribution in [0.5, 0.6) is 5.75 Å². The van der Waals surface area contributed by atoms with E-state index in [9.17, 15) is 13.2 Å². The van der Waals surface area contributed by atoms with Gasteiger partial charge in [0.05, 0.1) is 17.5 Å². The minimum Gasteiger partial charge on any atom is -0.487 e. The Morgan fingerprint density at radius 2 is 1.91 bits per heavy atom. The van der Waals surface area contributed by atoms with Crippen molar-refractivity contribution in [3.63, 3.8) is 0 Å². The lowest BCUT2D eigenvalue weighted by Gasteiger charge is -2.10. The number of aromatic nitrogens is 2. The summed E-state index contributed by atoms with van der Waals surface area (Å²) in [7, 11) is 0. The summed E-state index contributed by atoms with van der Waals surface area (Å²) in [5.41, 5.74) is 6.44. The highest BCUT2D eigenvalue weighted by molar-refractivity contribution is 5.49. The molecule has 0 bridgehead atoms. The molecular weight excluding hydrogens is 295 g/mol. The van der Waals surface area contributed by atoms with Gasteiger partial charge in [0.15, 0.2) is 0 Å². The second-order valence-corrected chi connectivity index (χ2v) is 4.71. The molecule has 0 unspecified atom stereocenters. The molecule has 0 radical (unpaired) electrons. The third-order valence-corrected chi connectivity index (χ3v) is 3.18. The zero-order valence-corrected chi connectivity index (χ0v) is 11.3. The lowest BCUT2D eigenvalue weighted by molar-refractivity contribution is -0.137. The molecule has 2 heterocycles. The molecule has 2 aromatic heterocycles. The number of nitrogen functional groups attached to an aromatic ring is 1. The van der Waals surface area contributed by atoms with Crippen molar-refractivity contribution in [1.82, 2.24) is 9.38 Å². The highest BCUT2D eigenvalue weighted by Gasteiger charge is 2.30. The lowest BCUT2D eigenvalue weighted by Crippen LogP contribution is -2.06. The number of nitrogens with two attached hydrogens (primary N) is 1. The van der Waals surface area contributed by atoms with Gasteiger partial charge in [-0.3, -0.25) is 4.40 Å². The van der Waals surface area contributed by atoms with E-state index in [2.05, 4.69) is 4.98 Å². The smallest absolute Gasteiger partial charge is 0.416 e. The van der Waals surface area contributed by atoms with Crippen LogP contribution in [-0.4, -0.2) is 9.38 Å². The molecule has 0 saturated carbocycles. The third-order valence-electron chi connectivity index (χ3n) is 3.18. The lowest BCUT2D eigenvalue weighted by atomic mass is 10.2. The van der Waals surface area contributed by atoms with Gasteiger partial charge in [-0.15, -0.1) is 0 Å². The SMILES string of the molecule is Nc1cccc2ncc(COc3cccc(C(F)(F)F)c3)n12. The van der Waals surface area contributed by atoms with E-state index in [0.717, 1.165) is 12.1 Å². The zero-order chi connectivity index (χ0) is 15.7. The average Bonchev–Trinajstić information content (AvgIpc) is 2.89. The molecule has 0 fully saturated rings. The van der Waals surface area contributed by atoms with Gasteiger partial charge in [0, 0.05) is 0 Å². The molecule has 0 aliphatic heterocycles. The predicted octanol–water partition coefficient (Wildman–Crippen LogP) is 3.51. The summed E-state index contributed by atoms with van der Waals surface area (Å²) in [6.07, 6.45) is -2.81. The molecule has 1 aromatic carbocycles. The van der Waals surface area contributed by atoms with E-state index in [1.807, 2.05) is 0 Å². The van der Waals surface area contributed by atoms with Crippen LogP contribution in [0.25, 0.3) is 5.65 Å². The molecule has 0 amide bonds. The fraction of sp³-hybridized carbons (Fsp3) is 0.133. The van der Waals surface area contributed by atoms with Gasteiger partial charge >= 0.3 is 6.18 Å². The normalized spacial score (nSPS) is 11.8. The molecule has 0 atom stereocenters. The first-order chi connectivity index (χ1) is 10.4. The van der Waals surface area contributed by atoms with Gasteiger partial charge in [0.1, 0.15) is 23.8 Å². The first-order valence-corrected chi connectivity index (χ1v) is 6.46. The van der Waals surface area contributed by atoms with Crippen LogP contribution in [0.1, 0.15) is 11.3 Å². The summed E-state index contributed by atoms with van der Waals surface area (Å²) >= 11 is 0. The van der Waals surface area contributed by atoms with E-state index < -0.39 is 11.7 Å². The molecule has 0 saturated heterocycles. The molecule has 3 aromatic rings. The minimum absolute atomic E-state index is 0.0662. The maximum Gasteiger partial charge on any atom is 0.416 e. The molecule has 2 N–H and O–H groups in total. The van der Waals surface area contributed by atoms with E-state index >= 15 is 0 Å². The molecule has 0 aliphatic carbocycles. The summed E-state index contributed by atoms with van der Waals surface area (Å²) in [5.74, 6) is 0.622. The molecule has 4 nitrogen and oxygen atoms in total. The number of hydrogen-bond acceptors (Lipinski definition) is 3. The second-order valence-electron chi connectivity index (χ2n) is 4.71. The Balaban J connectivity index is 1.83. The molecule has 0 aliphatic rings. The first-order valence-electron chi connectivity index (χ1n) is 6.46. The number of alkyl halides is 3. The van der Waals surface area contributed by atoms with Gasteiger partial charge in [-0.25, -0.2) is 4.98 Å². The average molecular weight is 307 g/mol. The highest BCUT2D eigenvalue weighted by Crippen LogP contribution is 2.31. The Bertz CT molecular complexity index is 811. The van der Waals surface area contributed by atoms with Gasteiger partial charge in [-0.05, 0) is 30.3 Å². The van der Waals surface area contributed by atoms with Crippen LogP contribution >= 0.6 is 0 Å². The summed E-state index contributed by atoms with van der Waals surface area (Å²) in [6.45, 7) is 0.0662. The molecule has 22 heavy (non-hydrogen) atoms. The van der Waals surface area contributed by atoms with Crippen molar-refractivity contribution in [3.8, 4) is 5.75 Å². The number of benzene rings is 1. The third kappa shape index (κ3) is 2.69. The van der Waals surface area contributed by atoms with Gasteiger partial charge < -0.3 is 10.5 Å². The fourth-order valence-electron chi connectivity index (χ4n) is 2.15. The Hall–Kier alpha value is -2.70. The van der Waals surface area contributed by atoms with Crippen molar-refractivity contribution in [2.24, 2.45) is 0 Å². The number of halogens is 3. The van der Waals surface area contributed by atoms with Crippen LogP contribution < -0.4 is 10.5 Å². The van der Waals surface area contributed by atoms with E-state index in [-0.39, 0.29) is 12.4 Å². The van der Waals surface area contributed by atoms with Gasteiger partial charge in [-0.2, -0.15) is 13.2 Å². The number of nitrogens with zero attached hydrogens (tertiary/aromatic N) is 2. The van der Waals surface area contributed by atoms with Crippen molar-refractivity contribution < 1.29 is 17.9 Å². The maximum atomic E-state index is 12.7. The molecular formula is C15H12F3N3O. The van der Waals surface area contributed by atoms with Crippen LogP contribution in [-0.2, 0) is 12.8 Å². The van der Waals surface area contributed by atoms with Crippen molar-refractivity contribution >= 4 is 11.5 Å². The Kier molecular flexibility index (Phi) is 3.40. The van der Waals surface area contributed by atoms with Crippen molar-refractivity contribution in [2.45, 2.75) is 12.8 Å². The fourth-order valence-corrected chi connectivity index (χ4v) is 2.15. The monoisotopic (exact) mass is 307 g/mol. The number of ether oxygens (including phenoxy) is 1. The maximum absolute atomic E-state index is 12.7. The van der Waals surface area contributed by atoms with Crippen molar-refractivity contribution in [1.29, 1.82) is 0 Å². The van der Waals surface area contributed by atoms with Crippen LogP contribution in [0.3, 0.4) is 0 Å². The van der Waals surface area contributed by atoms with Crippen molar-refractivity contribution in [2.75, 3.05) is 5.73 Å². The standard InChI is InChI=1S/C15H12F3N3O/c16-15(17,18)10-3-1-4-12(7-10)22-9-11-8-20-14-6-2-5-13(19)21(11)14/h1-8H,9,19H2. The second kappa shape index (κ2) is 5.25. The van der Waals surface area contributed by atoms with Gasteiger partial charge in [-0.1, -0.05) is 12.1 Å². The number of fused-ring (bicyclic) bond motifs is 1. The van der Waals surface area contributed by atoms with Crippen LogP contribution in [0, 0.1) is 0 Å². The summed E-state index contributed by atoms with van der Waals surface area (Å²) in [5, 5.41) is 0. The topological polar surface area (TPSA) is 52.5 Å². The Labute approximate surface area is 124 Å². The first kappa shape index (κ1) is 14.2. The summed E-state index contributed by atoms with van der Waals surface area (Å²) in [6, 6.07) is 10.0. The number of hydrogen-bond donors (Lipinski definition) is 1. The Morgan fingerprint density at radius 1 is 1.14 bits per heavy atom. The molecule has 114 valence electrons. The number of anilines is 1. The summed E-state index contributed by atoms with van der Waals surface area (Å²) < 4.78 is 45.1. The number of pyridine rings is 1. The minimum atomic E-state index is -4.40.